The average molecular weight is 390 g/mol. The van der Waals surface area contributed by atoms with Crippen LogP contribution in [0.5, 0.6) is 0 Å². The molecule has 114 valence electrons. The first-order valence-corrected chi connectivity index (χ1v) is 9.37. The molecule has 0 saturated carbocycles. The molecule has 0 fully saturated rings. The van der Waals surface area contributed by atoms with E-state index < -0.39 is 0 Å². The van der Waals surface area contributed by atoms with Gasteiger partial charge in [0.25, 0.3) is 0 Å². The van der Waals surface area contributed by atoms with E-state index in [-0.39, 0.29) is 0 Å². The molecule has 0 N–H and O–H groups in total. The second-order valence-electron chi connectivity index (χ2n) is 5.80. The molecule has 0 aliphatic carbocycles. The SMILES string of the molecule is Brc1ccc(-c2ccc3nccc4c3c2-c2ccccc2S4)cc1. The van der Waals surface area contributed by atoms with Crippen molar-refractivity contribution in [3.05, 3.63) is 77.4 Å². The molecule has 24 heavy (non-hydrogen) atoms. The van der Waals surface area contributed by atoms with Crippen molar-refractivity contribution in [1.29, 1.82) is 0 Å². The van der Waals surface area contributed by atoms with Crippen molar-refractivity contribution >= 4 is 38.6 Å². The molecule has 0 unspecified atom stereocenters. The molecule has 0 saturated heterocycles. The van der Waals surface area contributed by atoms with E-state index >= 15 is 0 Å². The highest BCUT2D eigenvalue weighted by atomic mass is 79.9. The third kappa shape index (κ3) is 2.12. The van der Waals surface area contributed by atoms with Crippen LogP contribution in [0.4, 0.5) is 0 Å². The topological polar surface area (TPSA) is 12.9 Å². The Hall–Kier alpha value is -2.10. The summed E-state index contributed by atoms with van der Waals surface area (Å²) in [6.45, 7) is 0. The van der Waals surface area contributed by atoms with Gasteiger partial charge in [-0.2, -0.15) is 0 Å². The lowest BCUT2D eigenvalue weighted by molar-refractivity contribution is 1.32. The molecule has 0 amide bonds. The second-order valence-corrected chi connectivity index (χ2v) is 7.80. The number of rotatable bonds is 1. The van der Waals surface area contributed by atoms with Gasteiger partial charge in [-0.1, -0.05) is 64.1 Å². The predicted octanol–water partition coefficient (Wildman–Crippen LogP) is 6.80. The molecular weight excluding hydrogens is 378 g/mol. The summed E-state index contributed by atoms with van der Waals surface area (Å²) in [6, 6.07) is 23.6. The minimum absolute atomic E-state index is 1.06. The Labute approximate surface area is 152 Å². The molecule has 3 aromatic carbocycles. The summed E-state index contributed by atoms with van der Waals surface area (Å²) < 4.78 is 1.10. The van der Waals surface area contributed by atoms with Crippen LogP contribution in [0.1, 0.15) is 0 Å². The highest BCUT2D eigenvalue weighted by Crippen LogP contribution is 2.50. The normalized spacial score (nSPS) is 12.2. The summed E-state index contributed by atoms with van der Waals surface area (Å²) in [5.74, 6) is 0. The average Bonchev–Trinajstić information content (AvgIpc) is 2.63. The molecule has 1 nitrogen and oxygen atoms in total. The summed E-state index contributed by atoms with van der Waals surface area (Å²) in [6.07, 6.45) is 1.90. The van der Waals surface area contributed by atoms with E-state index in [0.29, 0.717) is 0 Å². The maximum absolute atomic E-state index is 4.59. The van der Waals surface area contributed by atoms with E-state index in [1.807, 2.05) is 18.0 Å². The van der Waals surface area contributed by atoms with Gasteiger partial charge in [-0.15, -0.1) is 0 Å². The lowest BCUT2D eigenvalue weighted by atomic mass is 9.91. The summed E-state index contributed by atoms with van der Waals surface area (Å²) in [5.41, 5.74) is 6.15. The van der Waals surface area contributed by atoms with Crippen molar-refractivity contribution in [3.8, 4) is 22.3 Å². The van der Waals surface area contributed by atoms with Crippen molar-refractivity contribution in [2.75, 3.05) is 0 Å². The second kappa shape index (κ2) is 5.47. The Morgan fingerprint density at radius 1 is 0.750 bits per heavy atom. The molecule has 0 radical (unpaired) electrons. The van der Waals surface area contributed by atoms with E-state index in [9.17, 15) is 0 Å². The van der Waals surface area contributed by atoms with Crippen LogP contribution in [0, 0.1) is 0 Å². The third-order valence-corrected chi connectivity index (χ3v) is 6.07. The largest absolute Gasteiger partial charge is 0.256 e. The molecule has 4 aromatic rings. The zero-order valence-corrected chi connectivity index (χ0v) is 15.1. The number of halogens is 1. The zero-order chi connectivity index (χ0) is 16.1. The molecule has 0 atom stereocenters. The lowest BCUT2D eigenvalue weighted by Gasteiger charge is -2.22. The third-order valence-electron chi connectivity index (χ3n) is 4.40. The van der Waals surface area contributed by atoms with Gasteiger partial charge >= 0.3 is 0 Å². The fourth-order valence-corrected chi connectivity index (χ4v) is 4.70. The molecule has 5 rings (SSSR count). The Bertz CT molecular complexity index is 1090. The van der Waals surface area contributed by atoms with Crippen molar-refractivity contribution < 1.29 is 0 Å². The number of hydrogen-bond acceptors (Lipinski definition) is 2. The summed E-state index contributed by atoms with van der Waals surface area (Å²) in [4.78, 5) is 7.18. The maximum atomic E-state index is 4.59. The van der Waals surface area contributed by atoms with Crippen LogP contribution >= 0.6 is 27.7 Å². The molecule has 0 bridgehead atoms. The minimum atomic E-state index is 1.06. The molecule has 3 heteroatoms. The zero-order valence-electron chi connectivity index (χ0n) is 12.7. The summed E-state index contributed by atoms with van der Waals surface area (Å²) in [7, 11) is 0. The first kappa shape index (κ1) is 14.3. The minimum Gasteiger partial charge on any atom is -0.256 e. The Morgan fingerprint density at radius 3 is 2.46 bits per heavy atom. The van der Waals surface area contributed by atoms with Crippen LogP contribution in [-0.2, 0) is 0 Å². The van der Waals surface area contributed by atoms with Gasteiger partial charge in [0, 0.05) is 31.4 Å². The Morgan fingerprint density at radius 2 is 1.58 bits per heavy atom. The van der Waals surface area contributed by atoms with Gasteiger partial charge in [-0.3, -0.25) is 4.98 Å². The van der Waals surface area contributed by atoms with Gasteiger partial charge in [0.15, 0.2) is 0 Å². The molecular formula is C21H12BrNS. The van der Waals surface area contributed by atoms with Crippen molar-refractivity contribution in [1.82, 2.24) is 4.98 Å². The number of pyridine rings is 1. The number of benzene rings is 3. The predicted molar refractivity (Wildman–Crippen MR) is 104 cm³/mol. The molecule has 1 aromatic heterocycles. The highest BCUT2D eigenvalue weighted by Gasteiger charge is 2.22. The standard InChI is InChI=1S/C21H12BrNS/c22-14-7-5-13(6-8-14)15-9-10-17-21-19(11-12-23-17)24-18-4-2-1-3-16(18)20(15)21/h1-12H. The van der Waals surface area contributed by atoms with Crippen molar-refractivity contribution in [3.63, 3.8) is 0 Å². The van der Waals surface area contributed by atoms with Gasteiger partial charge in [0.2, 0.25) is 0 Å². The fraction of sp³-hybridized carbons (Fsp3) is 0. The quantitative estimate of drug-likeness (QED) is 0.312. The van der Waals surface area contributed by atoms with Gasteiger partial charge < -0.3 is 0 Å². The van der Waals surface area contributed by atoms with E-state index in [2.05, 4.69) is 87.6 Å². The lowest BCUT2D eigenvalue weighted by Crippen LogP contribution is -1.96. The Balaban J connectivity index is 1.92. The fourth-order valence-electron chi connectivity index (χ4n) is 3.33. The van der Waals surface area contributed by atoms with Crippen LogP contribution in [0.2, 0.25) is 0 Å². The van der Waals surface area contributed by atoms with Gasteiger partial charge in [0.1, 0.15) is 0 Å². The van der Waals surface area contributed by atoms with E-state index in [1.54, 1.807) is 0 Å². The summed E-state index contributed by atoms with van der Waals surface area (Å²) >= 11 is 5.36. The van der Waals surface area contributed by atoms with Crippen molar-refractivity contribution in [2.45, 2.75) is 9.79 Å². The van der Waals surface area contributed by atoms with E-state index in [4.69, 9.17) is 0 Å². The molecule has 0 spiro atoms. The number of fused-ring (bicyclic) bond motifs is 2. The highest BCUT2D eigenvalue weighted by molar-refractivity contribution is 9.10. The van der Waals surface area contributed by atoms with Crippen LogP contribution in [-0.4, -0.2) is 4.98 Å². The molecule has 1 aliphatic heterocycles. The van der Waals surface area contributed by atoms with E-state index in [0.717, 1.165) is 9.99 Å². The van der Waals surface area contributed by atoms with Crippen LogP contribution in [0.15, 0.2) is 87.2 Å². The Kier molecular flexibility index (Phi) is 3.25. The van der Waals surface area contributed by atoms with E-state index in [1.165, 1.54) is 37.4 Å². The van der Waals surface area contributed by atoms with Gasteiger partial charge in [-0.05, 0) is 47.0 Å². The number of nitrogens with zero attached hydrogens (tertiary/aromatic N) is 1. The van der Waals surface area contributed by atoms with Gasteiger partial charge in [0.05, 0.1) is 5.52 Å². The van der Waals surface area contributed by atoms with Crippen molar-refractivity contribution in [2.24, 2.45) is 0 Å². The maximum Gasteiger partial charge on any atom is 0.0720 e. The first-order chi connectivity index (χ1) is 11.8. The molecule has 2 heterocycles. The summed E-state index contributed by atoms with van der Waals surface area (Å²) in [5, 5.41) is 1.27. The monoisotopic (exact) mass is 389 g/mol. The van der Waals surface area contributed by atoms with Crippen LogP contribution < -0.4 is 0 Å². The van der Waals surface area contributed by atoms with Crippen LogP contribution in [0.25, 0.3) is 33.2 Å². The number of hydrogen-bond donors (Lipinski definition) is 0. The van der Waals surface area contributed by atoms with Gasteiger partial charge in [-0.25, -0.2) is 0 Å². The smallest absolute Gasteiger partial charge is 0.0720 e. The number of aromatic nitrogens is 1. The van der Waals surface area contributed by atoms with Crippen LogP contribution in [0.3, 0.4) is 0 Å². The molecule has 1 aliphatic rings. The first-order valence-electron chi connectivity index (χ1n) is 7.76.